The lowest BCUT2D eigenvalue weighted by atomic mass is 10.1. The minimum absolute atomic E-state index is 0.243. The first kappa shape index (κ1) is 14.9. The molecule has 0 aromatic heterocycles. The van der Waals surface area contributed by atoms with Gasteiger partial charge in [-0.25, -0.2) is 9.59 Å². The van der Waals surface area contributed by atoms with Crippen molar-refractivity contribution in [2.45, 2.75) is 39.3 Å². The van der Waals surface area contributed by atoms with Crippen molar-refractivity contribution in [3.8, 4) is 0 Å². The summed E-state index contributed by atoms with van der Waals surface area (Å²) in [6.07, 6.45) is 1.02. The van der Waals surface area contributed by atoms with Gasteiger partial charge in [-0.3, -0.25) is 5.32 Å². The predicted octanol–water partition coefficient (Wildman–Crippen LogP) is 3.43. The molecule has 1 aromatic carbocycles. The Morgan fingerprint density at radius 3 is 2.37 bits per heavy atom. The standard InChI is InChI=1S/C14H18N2O3/c1-10(15-9-17)11-5-7-12(8-6-11)16-13(18)19-14(2,3)4/h5-8,10H,1-4H3,(H,16,18). The highest BCUT2D eigenvalue weighted by Gasteiger charge is 2.16. The van der Waals surface area contributed by atoms with E-state index in [0.717, 1.165) is 5.56 Å². The molecule has 1 unspecified atom stereocenters. The molecule has 1 rings (SSSR count). The maximum absolute atomic E-state index is 11.5. The number of amides is 1. The third-order valence-electron chi connectivity index (χ3n) is 2.28. The third-order valence-corrected chi connectivity index (χ3v) is 2.28. The maximum atomic E-state index is 11.5. The average molecular weight is 262 g/mol. The number of nitrogens with zero attached hydrogens (tertiary/aromatic N) is 1. The van der Waals surface area contributed by atoms with Gasteiger partial charge in [0.05, 0.1) is 6.04 Å². The highest BCUT2D eigenvalue weighted by atomic mass is 16.6. The second-order valence-electron chi connectivity index (χ2n) is 5.15. The Hall–Kier alpha value is -2.13. The van der Waals surface area contributed by atoms with Crippen molar-refractivity contribution in [2.75, 3.05) is 5.32 Å². The molecule has 0 heterocycles. The fourth-order valence-electron chi connectivity index (χ4n) is 1.42. The number of hydrogen-bond acceptors (Lipinski definition) is 4. The fourth-order valence-corrected chi connectivity index (χ4v) is 1.42. The zero-order valence-electron chi connectivity index (χ0n) is 11.6. The highest BCUT2D eigenvalue weighted by molar-refractivity contribution is 5.84. The minimum atomic E-state index is -0.531. The van der Waals surface area contributed by atoms with Gasteiger partial charge in [-0.15, -0.1) is 0 Å². The first-order chi connectivity index (χ1) is 8.81. The first-order valence-electron chi connectivity index (χ1n) is 5.99. The van der Waals surface area contributed by atoms with E-state index in [2.05, 4.69) is 10.3 Å². The van der Waals surface area contributed by atoms with Crippen LogP contribution in [0.5, 0.6) is 0 Å². The van der Waals surface area contributed by atoms with Crippen LogP contribution in [-0.2, 0) is 9.53 Å². The van der Waals surface area contributed by atoms with E-state index >= 15 is 0 Å². The third kappa shape index (κ3) is 5.36. The van der Waals surface area contributed by atoms with E-state index in [1.807, 2.05) is 0 Å². The van der Waals surface area contributed by atoms with Gasteiger partial charge in [-0.05, 0) is 45.4 Å². The summed E-state index contributed by atoms with van der Waals surface area (Å²) >= 11 is 0. The lowest BCUT2D eigenvalue weighted by molar-refractivity contribution is 0.0636. The Balaban J connectivity index is 2.67. The van der Waals surface area contributed by atoms with Crippen molar-refractivity contribution in [2.24, 2.45) is 4.99 Å². The van der Waals surface area contributed by atoms with E-state index in [-0.39, 0.29) is 6.04 Å². The molecule has 0 saturated carbocycles. The number of benzene rings is 1. The van der Waals surface area contributed by atoms with Gasteiger partial charge >= 0.3 is 6.09 Å². The largest absolute Gasteiger partial charge is 0.444 e. The average Bonchev–Trinajstić information content (AvgIpc) is 2.27. The molecule has 19 heavy (non-hydrogen) atoms. The number of rotatable bonds is 3. The van der Waals surface area contributed by atoms with E-state index in [1.54, 1.807) is 52.0 Å². The molecule has 0 saturated heterocycles. The quantitative estimate of drug-likeness (QED) is 0.670. The molecule has 0 aliphatic heterocycles. The molecule has 0 spiro atoms. The molecule has 0 radical (unpaired) electrons. The second-order valence-corrected chi connectivity index (χ2v) is 5.15. The van der Waals surface area contributed by atoms with Crippen molar-refractivity contribution in [1.29, 1.82) is 0 Å². The Morgan fingerprint density at radius 2 is 1.89 bits per heavy atom. The smallest absolute Gasteiger partial charge is 0.412 e. The van der Waals surface area contributed by atoms with Crippen LogP contribution in [-0.4, -0.2) is 17.8 Å². The van der Waals surface area contributed by atoms with Crippen LogP contribution in [0.4, 0.5) is 10.5 Å². The Morgan fingerprint density at radius 1 is 1.32 bits per heavy atom. The summed E-state index contributed by atoms with van der Waals surface area (Å²) in [5.74, 6) is 0. The number of anilines is 1. The van der Waals surface area contributed by atoms with Gasteiger partial charge in [0.25, 0.3) is 0 Å². The molecule has 1 aromatic rings. The van der Waals surface area contributed by atoms with Gasteiger partial charge in [-0.2, -0.15) is 4.99 Å². The molecular formula is C14H18N2O3. The summed E-state index contributed by atoms with van der Waals surface area (Å²) in [6, 6.07) is 6.80. The Kier molecular flexibility index (Phi) is 4.84. The van der Waals surface area contributed by atoms with Crippen LogP contribution in [0.1, 0.15) is 39.3 Å². The number of carbonyl (C=O) groups is 1. The molecule has 0 fully saturated rings. The number of hydrogen-bond donors (Lipinski definition) is 1. The van der Waals surface area contributed by atoms with Gasteiger partial charge in [-0.1, -0.05) is 12.1 Å². The molecule has 5 heteroatoms. The van der Waals surface area contributed by atoms with Crippen molar-refractivity contribution >= 4 is 17.9 Å². The lowest BCUT2D eigenvalue weighted by Gasteiger charge is -2.19. The van der Waals surface area contributed by atoms with E-state index in [1.165, 1.54) is 6.08 Å². The fraction of sp³-hybridized carbons (Fsp3) is 0.429. The molecule has 0 aliphatic carbocycles. The monoisotopic (exact) mass is 262 g/mol. The number of carbonyl (C=O) groups excluding carboxylic acids is 2. The summed E-state index contributed by atoms with van der Waals surface area (Å²) in [5, 5.41) is 2.63. The van der Waals surface area contributed by atoms with Gasteiger partial charge in [0.2, 0.25) is 6.08 Å². The second kappa shape index (κ2) is 6.16. The first-order valence-corrected chi connectivity index (χ1v) is 5.99. The number of aliphatic imine (C=N–C) groups is 1. The Labute approximate surface area is 112 Å². The van der Waals surface area contributed by atoms with E-state index in [9.17, 15) is 9.59 Å². The summed E-state index contributed by atoms with van der Waals surface area (Å²) in [7, 11) is 0. The van der Waals surface area contributed by atoms with Crippen molar-refractivity contribution in [3.63, 3.8) is 0 Å². The number of nitrogens with one attached hydrogen (secondary N) is 1. The maximum Gasteiger partial charge on any atom is 0.412 e. The minimum Gasteiger partial charge on any atom is -0.444 e. The zero-order chi connectivity index (χ0) is 14.5. The summed E-state index contributed by atoms with van der Waals surface area (Å²) in [4.78, 5) is 25.3. The van der Waals surface area contributed by atoms with Gasteiger partial charge in [0, 0.05) is 5.69 Å². The molecule has 0 aliphatic rings. The van der Waals surface area contributed by atoms with Gasteiger partial charge < -0.3 is 4.74 Å². The molecule has 102 valence electrons. The molecule has 0 bridgehead atoms. The van der Waals surface area contributed by atoms with Crippen LogP contribution in [0.3, 0.4) is 0 Å². The SMILES string of the molecule is CC(N=C=O)c1ccc(NC(=O)OC(C)(C)C)cc1. The van der Waals surface area contributed by atoms with Crippen LogP contribution < -0.4 is 5.32 Å². The molecule has 1 atom stereocenters. The Bertz CT molecular complexity index is 482. The molecule has 1 N–H and O–H groups in total. The number of ether oxygens (including phenoxy) is 1. The van der Waals surface area contributed by atoms with Crippen LogP contribution in [0.2, 0.25) is 0 Å². The van der Waals surface area contributed by atoms with Crippen LogP contribution in [0.15, 0.2) is 29.3 Å². The van der Waals surface area contributed by atoms with Crippen molar-refractivity contribution in [3.05, 3.63) is 29.8 Å². The van der Waals surface area contributed by atoms with Crippen LogP contribution in [0.25, 0.3) is 0 Å². The lowest BCUT2D eigenvalue weighted by Crippen LogP contribution is -2.27. The summed E-state index contributed by atoms with van der Waals surface area (Å²) < 4.78 is 5.14. The number of isocyanates is 1. The highest BCUT2D eigenvalue weighted by Crippen LogP contribution is 2.19. The van der Waals surface area contributed by atoms with E-state index in [4.69, 9.17) is 4.74 Å². The van der Waals surface area contributed by atoms with Crippen LogP contribution >= 0.6 is 0 Å². The molecule has 1 amide bonds. The van der Waals surface area contributed by atoms with Crippen molar-refractivity contribution in [1.82, 2.24) is 0 Å². The zero-order valence-corrected chi connectivity index (χ0v) is 11.6. The van der Waals surface area contributed by atoms with Gasteiger partial charge in [0.15, 0.2) is 0 Å². The van der Waals surface area contributed by atoms with Crippen LogP contribution in [0, 0.1) is 0 Å². The van der Waals surface area contributed by atoms with E-state index < -0.39 is 11.7 Å². The molecular weight excluding hydrogens is 244 g/mol. The normalized spacial score (nSPS) is 12.2. The van der Waals surface area contributed by atoms with E-state index in [0.29, 0.717) is 5.69 Å². The predicted molar refractivity (Wildman–Crippen MR) is 72.8 cm³/mol. The van der Waals surface area contributed by atoms with Crippen molar-refractivity contribution < 1.29 is 14.3 Å². The molecule has 5 nitrogen and oxygen atoms in total. The summed E-state index contributed by atoms with van der Waals surface area (Å²) in [6.45, 7) is 7.19. The van der Waals surface area contributed by atoms with Gasteiger partial charge in [0.1, 0.15) is 5.60 Å². The topological polar surface area (TPSA) is 67.8 Å². The summed E-state index contributed by atoms with van der Waals surface area (Å²) in [5.41, 5.74) is 0.968.